The number of nitrogens with zero attached hydrogens (tertiary/aromatic N) is 4. The number of rotatable bonds is 7. The predicted octanol–water partition coefficient (Wildman–Crippen LogP) is 12.7. The minimum atomic E-state index is 0.925. The summed E-state index contributed by atoms with van der Waals surface area (Å²) in [5.74, 6) is 1.85. The van der Waals surface area contributed by atoms with E-state index in [-0.39, 0.29) is 0 Å². The lowest BCUT2D eigenvalue weighted by atomic mass is 9.92. The molecule has 0 aliphatic carbocycles. The summed E-state index contributed by atoms with van der Waals surface area (Å²) >= 11 is 0. The van der Waals surface area contributed by atoms with Crippen LogP contribution in [0.5, 0.6) is 0 Å². The summed E-state index contributed by atoms with van der Waals surface area (Å²) in [6.07, 6.45) is 0. The van der Waals surface area contributed by atoms with Gasteiger partial charge in [0.25, 0.3) is 0 Å². The second kappa shape index (κ2) is 13.4. The Morgan fingerprint density at radius 1 is 0.259 bits per heavy atom. The Balaban J connectivity index is 1.05. The molecule has 254 valence electrons. The van der Waals surface area contributed by atoms with Crippen LogP contribution in [0.4, 0.5) is 0 Å². The van der Waals surface area contributed by atoms with Gasteiger partial charge in [0.2, 0.25) is 0 Å². The number of fused-ring (bicyclic) bond motifs is 2. The molecule has 0 N–H and O–H groups in total. The zero-order valence-electron chi connectivity index (χ0n) is 29.4. The maximum absolute atomic E-state index is 5.09. The average molecular weight is 691 g/mol. The summed E-state index contributed by atoms with van der Waals surface area (Å²) < 4.78 is 4.49. The van der Waals surface area contributed by atoms with Gasteiger partial charge in [-0.2, -0.15) is 0 Å². The zero-order valence-corrected chi connectivity index (χ0v) is 29.4. The van der Waals surface area contributed by atoms with Gasteiger partial charge in [-0.05, 0) is 100 Å². The SMILES string of the molecule is c1ccc(-c2cc(-c3ccc(-c4nc5ccccc5n4-c4ccccc4)cc3)cc(-c3ccc(-c4nc5ccccc5n4-c4ccccc4)cc3)c2)cc1. The first-order valence-electron chi connectivity index (χ1n) is 18.2. The first-order chi connectivity index (χ1) is 26.8. The molecule has 0 bridgehead atoms. The molecule has 0 fully saturated rings. The van der Waals surface area contributed by atoms with Crippen LogP contribution in [0.25, 0.3) is 89.6 Å². The van der Waals surface area contributed by atoms with Crippen molar-refractivity contribution in [2.75, 3.05) is 0 Å². The number of para-hydroxylation sites is 6. The van der Waals surface area contributed by atoms with Crippen molar-refractivity contribution in [1.29, 1.82) is 0 Å². The number of imidazole rings is 2. The third kappa shape index (κ3) is 5.67. The average Bonchev–Trinajstić information content (AvgIpc) is 3.84. The van der Waals surface area contributed by atoms with Gasteiger partial charge in [0.15, 0.2) is 0 Å². The van der Waals surface area contributed by atoms with Gasteiger partial charge in [-0.1, -0.05) is 140 Å². The highest BCUT2D eigenvalue weighted by Crippen LogP contribution is 2.36. The van der Waals surface area contributed by atoms with Gasteiger partial charge in [-0.15, -0.1) is 0 Å². The highest BCUT2D eigenvalue weighted by atomic mass is 15.1. The second-order valence-electron chi connectivity index (χ2n) is 13.5. The monoisotopic (exact) mass is 690 g/mol. The number of hydrogen-bond acceptors (Lipinski definition) is 2. The van der Waals surface area contributed by atoms with Crippen LogP contribution in [-0.2, 0) is 0 Å². The van der Waals surface area contributed by atoms with Gasteiger partial charge in [0.1, 0.15) is 11.6 Å². The molecule has 54 heavy (non-hydrogen) atoms. The molecule has 2 heterocycles. The molecule has 2 aromatic heterocycles. The molecule has 0 saturated carbocycles. The Bertz CT molecular complexity index is 2710. The fourth-order valence-electron chi connectivity index (χ4n) is 7.50. The normalized spacial score (nSPS) is 11.3. The van der Waals surface area contributed by atoms with Gasteiger partial charge < -0.3 is 0 Å². The fraction of sp³-hybridized carbons (Fsp3) is 0. The molecule has 0 radical (unpaired) electrons. The van der Waals surface area contributed by atoms with Crippen molar-refractivity contribution >= 4 is 22.1 Å². The third-order valence-corrected chi connectivity index (χ3v) is 10.1. The smallest absolute Gasteiger partial charge is 0.145 e. The number of hydrogen-bond donors (Lipinski definition) is 0. The Kier molecular flexibility index (Phi) is 7.77. The van der Waals surface area contributed by atoms with Crippen molar-refractivity contribution in [2.24, 2.45) is 0 Å². The van der Waals surface area contributed by atoms with Crippen LogP contribution < -0.4 is 0 Å². The molecule has 0 amide bonds. The maximum Gasteiger partial charge on any atom is 0.145 e. The molecule has 4 heteroatoms. The third-order valence-electron chi connectivity index (χ3n) is 10.1. The quantitative estimate of drug-likeness (QED) is 0.167. The van der Waals surface area contributed by atoms with E-state index in [9.17, 15) is 0 Å². The highest BCUT2D eigenvalue weighted by molar-refractivity contribution is 5.86. The molecule has 4 nitrogen and oxygen atoms in total. The van der Waals surface area contributed by atoms with Crippen LogP contribution in [-0.4, -0.2) is 19.1 Å². The van der Waals surface area contributed by atoms with Crippen molar-refractivity contribution in [3.63, 3.8) is 0 Å². The van der Waals surface area contributed by atoms with Crippen molar-refractivity contribution in [1.82, 2.24) is 19.1 Å². The molecular weight excluding hydrogens is 657 g/mol. The summed E-state index contributed by atoms with van der Waals surface area (Å²) in [7, 11) is 0. The molecule has 0 spiro atoms. The first kappa shape index (κ1) is 31.4. The van der Waals surface area contributed by atoms with Crippen LogP contribution in [0.1, 0.15) is 0 Å². The van der Waals surface area contributed by atoms with Crippen LogP contribution in [0.15, 0.2) is 206 Å². The van der Waals surface area contributed by atoms with Gasteiger partial charge in [-0.25, -0.2) is 9.97 Å². The van der Waals surface area contributed by atoms with Crippen LogP contribution >= 0.6 is 0 Å². The molecule has 8 aromatic carbocycles. The summed E-state index contributed by atoms with van der Waals surface area (Å²) in [4.78, 5) is 10.2. The first-order valence-corrected chi connectivity index (χ1v) is 18.2. The van der Waals surface area contributed by atoms with Gasteiger partial charge in [-0.3, -0.25) is 9.13 Å². The van der Waals surface area contributed by atoms with E-state index in [4.69, 9.17) is 9.97 Å². The van der Waals surface area contributed by atoms with E-state index in [1.807, 2.05) is 24.3 Å². The van der Waals surface area contributed by atoms with Crippen LogP contribution in [0.2, 0.25) is 0 Å². The largest absolute Gasteiger partial charge is 0.292 e. The van der Waals surface area contributed by atoms with Crippen LogP contribution in [0, 0.1) is 0 Å². The molecule has 0 aliphatic heterocycles. The topological polar surface area (TPSA) is 35.6 Å². The van der Waals surface area contributed by atoms with Crippen molar-refractivity contribution in [2.45, 2.75) is 0 Å². The minimum absolute atomic E-state index is 0.925. The van der Waals surface area contributed by atoms with Crippen molar-refractivity contribution in [3.05, 3.63) is 206 Å². The lowest BCUT2D eigenvalue weighted by molar-refractivity contribution is 1.10. The van der Waals surface area contributed by atoms with E-state index in [1.165, 1.54) is 11.1 Å². The molecule has 10 rings (SSSR count). The Labute approximate surface area is 313 Å². The van der Waals surface area contributed by atoms with E-state index in [1.54, 1.807) is 0 Å². The van der Waals surface area contributed by atoms with Crippen molar-refractivity contribution < 1.29 is 0 Å². The standard InChI is InChI=1S/C50H34N4/c1-4-14-35(15-5-1)40-32-41(36-24-28-38(29-25-36)49-51-45-20-10-12-22-47(45)53(49)43-16-6-2-7-17-43)34-42(33-40)37-26-30-39(31-27-37)50-52-46-21-11-13-23-48(46)54(50)44-18-8-3-9-19-44/h1-34H. The van der Waals surface area contributed by atoms with Crippen LogP contribution in [0.3, 0.4) is 0 Å². The Morgan fingerprint density at radius 2 is 0.574 bits per heavy atom. The van der Waals surface area contributed by atoms with E-state index >= 15 is 0 Å². The van der Waals surface area contributed by atoms with E-state index in [0.717, 1.165) is 78.5 Å². The molecular formula is C50H34N4. The molecule has 0 aliphatic rings. The van der Waals surface area contributed by atoms with E-state index in [0.29, 0.717) is 0 Å². The summed E-state index contributed by atoms with van der Waals surface area (Å²) in [5.41, 5.74) is 15.4. The molecule has 0 unspecified atom stereocenters. The summed E-state index contributed by atoms with van der Waals surface area (Å²) in [6.45, 7) is 0. The Morgan fingerprint density at radius 3 is 0.981 bits per heavy atom. The molecule has 0 saturated heterocycles. The summed E-state index contributed by atoms with van der Waals surface area (Å²) in [5, 5.41) is 0. The predicted molar refractivity (Wildman–Crippen MR) is 223 cm³/mol. The lowest BCUT2D eigenvalue weighted by Gasteiger charge is -2.13. The van der Waals surface area contributed by atoms with E-state index < -0.39 is 0 Å². The number of benzene rings is 8. The van der Waals surface area contributed by atoms with Gasteiger partial charge in [0.05, 0.1) is 22.1 Å². The highest BCUT2D eigenvalue weighted by Gasteiger charge is 2.17. The molecule has 0 atom stereocenters. The fourth-order valence-corrected chi connectivity index (χ4v) is 7.50. The van der Waals surface area contributed by atoms with Gasteiger partial charge >= 0.3 is 0 Å². The lowest BCUT2D eigenvalue weighted by Crippen LogP contribution is -1.97. The van der Waals surface area contributed by atoms with Gasteiger partial charge in [0, 0.05) is 22.5 Å². The second-order valence-corrected chi connectivity index (χ2v) is 13.5. The van der Waals surface area contributed by atoms with Crippen molar-refractivity contribution in [3.8, 4) is 67.5 Å². The maximum atomic E-state index is 5.09. The molecule has 10 aromatic rings. The minimum Gasteiger partial charge on any atom is -0.292 e. The summed E-state index contributed by atoms with van der Waals surface area (Å²) in [6, 6.07) is 72.7. The zero-order chi connectivity index (χ0) is 35.8. The number of aromatic nitrogens is 4. The van der Waals surface area contributed by atoms with E-state index in [2.05, 4.69) is 191 Å². The Hall–Kier alpha value is -7.30.